The first-order valence-electron chi connectivity index (χ1n) is 13.2. The number of nitrogen functional groups attached to an aromatic ring is 1. The average Bonchev–Trinajstić information content (AvgIpc) is 2.88. The van der Waals surface area contributed by atoms with Crippen LogP contribution in [0.1, 0.15) is 70.5 Å². The van der Waals surface area contributed by atoms with E-state index in [1.807, 2.05) is 18.2 Å². The molecule has 0 fully saturated rings. The molecule has 0 saturated heterocycles. The second-order valence-corrected chi connectivity index (χ2v) is 9.58. The Hall–Kier alpha value is -3.03. The smallest absolute Gasteiger partial charge is 0.123 e. The molecule has 36 heavy (non-hydrogen) atoms. The van der Waals surface area contributed by atoms with Crippen molar-refractivity contribution in [2.24, 2.45) is 0 Å². The number of unbranched alkanes of at least 4 members (excludes halogenated alkanes) is 2. The minimum absolute atomic E-state index is 0.196. The molecule has 0 spiro atoms. The third-order valence-corrected chi connectivity index (χ3v) is 7.02. The lowest BCUT2D eigenvalue weighted by molar-refractivity contribution is 0.229. The number of benzene rings is 2. The van der Waals surface area contributed by atoms with Crippen molar-refractivity contribution in [2.45, 2.75) is 71.9 Å². The zero-order chi connectivity index (χ0) is 26.5. The van der Waals surface area contributed by atoms with Crippen LogP contribution in [0.2, 0.25) is 0 Å². The summed E-state index contributed by atoms with van der Waals surface area (Å²) in [6.07, 6.45) is 20.3. The normalized spacial score (nSPS) is 15.8. The Morgan fingerprint density at radius 2 is 1.89 bits per heavy atom. The number of terminal acetylenes is 1. The van der Waals surface area contributed by atoms with Gasteiger partial charge in [0, 0.05) is 24.0 Å². The van der Waals surface area contributed by atoms with Gasteiger partial charge in [-0.15, -0.1) is 12.8 Å². The van der Waals surface area contributed by atoms with E-state index < -0.39 is 0 Å². The fourth-order valence-corrected chi connectivity index (χ4v) is 4.99. The van der Waals surface area contributed by atoms with Crippen LogP contribution in [0.4, 0.5) is 15.8 Å². The van der Waals surface area contributed by atoms with Crippen LogP contribution in [-0.2, 0) is 6.42 Å². The number of halogens is 1. The van der Waals surface area contributed by atoms with Gasteiger partial charge < -0.3 is 15.5 Å². The molecule has 0 aromatic heterocycles. The lowest BCUT2D eigenvalue weighted by Crippen LogP contribution is -2.35. The number of allylic oxidation sites excluding steroid dienone is 3. The fourth-order valence-electron chi connectivity index (χ4n) is 4.99. The molecule has 0 saturated carbocycles. The molecule has 194 valence electrons. The van der Waals surface area contributed by atoms with Crippen molar-refractivity contribution in [1.82, 2.24) is 4.90 Å². The van der Waals surface area contributed by atoms with Gasteiger partial charge in [0.2, 0.25) is 0 Å². The highest BCUT2D eigenvalue weighted by atomic mass is 19.1. The molecule has 1 aliphatic heterocycles. The van der Waals surface area contributed by atoms with Gasteiger partial charge in [-0.2, -0.15) is 0 Å². The molecule has 1 heterocycles. The van der Waals surface area contributed by atoms with E-state index in [0.29, 0.717) is 6.04 Å². The van der Waals surface area contributed by atoms with Gasteiger partial charge >= 0.3 is 0 Å². The van der Waals surface area contributed by atoms with Gasteiger partial charge in [-0.1, -0.05) is 36.8 Å². The molecular weight excluding hydrogens is 445 g/mol. The van der Waals surface area contributed by atoms with Crippen molar-refractivity contribution in [3.05, 3.63) is 83.2 Å². The van der Waals surface area contributed by atoms with Crippen molar-refractivity contribution in [1.29, 1.82) is 0 Å². The van der Waals surface area contributed by atoms with Crippen molar-refractivity contribution < 1.29 is 4.39 Å². The molecule has 0 aliphatic carbocycles. The SMILES string of the molecule is C#C.C/C=C(\C=C/CCCCN(CC)C(C)C)CC1c2ccc(N)cc2CCN1c1ccc(F)cc1. The number of anilines is 2. The van der Waals surface area contributed by atoms with Crippen LogP contribution in [-0.4, -0.2) is 30.6 Å². The molecule has 0 amide bonds. The van der Waals surface area contributed by atoms with Crippen molar-refractivity contribution in [3.8, 4) is 12.8 Å². The number of rotatable bonds is 11. The van der Waals surface area contributed by atoms with Crippen molar-refractivity contribution >= 4 is 11.4 Å². The van der Waals surface area contributed by atoms with E-state index in [1.165, 1.54) is 36.1 Å². The van der Waals surface area contributed by atoms with Crippen LogP contribution < -0.4 is 10.6 Å². The van der Waals surface area contributed by atoms with Gasteiger partial charge in [0.05, 0.1) is 6.04 Å². The summed E-state index contributed by atoms with van der Waals surface area (Å²) in [5, 5.41) is 0. The van der Waals surface area contributed by atoms with E-state index in [9.17, 15) is 4.39 Å². The molecule has 2 aromatic rings. The summed E-state index contributed by atoms with van der Waals surface area (Å²) in [6, 6.07) is 14.0. The Labute approximate surface area is 218 Å². The monoisotopic (exact) mass is 489 g/mol. The van der Waals surface area contributed by atoms with Gasteiger partial charge in [0.1, 0.15) is 5.82 Å². The highest BCUT2D eigenvalue weighted by Crippen LogP contribution is 2.38. The molecule has 3 rings (SSSR count). The quantitative estimate of drug-likeness (QED) is 0.153. The van der Waals surface area contributed by atoms with E-state index in [2.05, 4.69) is 80.7 Å². The topological polar surface area (TPSA) is 32.5 Å². The molecule has 2 aromatic carbocycles. The van der Waals surface area contributed by atoms with Gasteiger partial charge in [-0.25, -0.2) is 4.39 Å². The summed E-state index contributed by atoms with van der Waals surface area (Å²) in [5.74, 6) is -0.196. The summed E-state index contributed by atoms with van der Waals surface area (Å²) in [4.78, 5) is 4.94. The molecule has 1 unspecified atom stereocenters. The predicted octanol–water partition coefficient (Wildman–Crippen LogP) is 7.55. The summed E-state index contributed by atoms with van der Waals surface area (Å²) in [6.45, 7) is 12.1. The largest absolute Gasteiger partial charge is 0.399 e. The third kappa shape index (κ3) is 8.28. The molecule has 1 atom stereocenters. The number of nitrogens with zero attached hydrogens (tertiary/aromatic N) is 2. The maximum absolute atomic E-state index is 13.6. The minimum atomic E-state index is -0.196. The second kappa shape index (κ2) is 15.2. The minimum Gasteiger partial charge on any atom is -0.399 e. The van der Waals surface area contributed by atoms with Gasteiger partial charge in [-0.05, 0) is 113 Å². The van der Waals surface area contributed by atoms with Crippen LogP contribution in [0.15, 0.2) is 66.3 Å². The van der Waals surface area contributed by atoms with E-state index in [1.54, 1.807) is 12.1 Å². The average molecular weight is 490 g/mol. The van der Waals surface area contributed by atoms with Gasteiger partial charge in [0.15, 0.2) is 0 Å². The first kappa shape index (κ1) is 29.2. The number of hydrogen-bond donors (Lipinski definition) is 1. The summed E-state index contributed by atoms with van der Waals surface area (Å²) in [7, 11) is 0. The second-order valence-electron chi connectivity index (χ2n) is 9.58. The number of nitrogens with two attached hydrogens (primary N) is 1. The standard InChI is InChI=1S/C30H42FN3.C2H2/c1-5-24(11-9-7-8-10-19-33(6-2)23(3)4)21-30-29-17-14-27(32)22-25(29)18-20-34(30)28-15-12-26(31)13-16-28;1-2/h5,9,11-17,22-23,30H,6-8,10,18-21,32H2,1-4H3;1-2H/b11-9-,24-5+;. The zero-order valence-corrected chi connectivity index (χ0v) is 22.6. The molecule has 4 heteroatoms. The predicted molar refractivity (Wildman–Crippen MR) is 155 cm³/mol. The molecule has 1 aliphatic rings. The van der Waals surface area contributed by atoms with Crippen molar-refractivity contribution in [2.75, 3.05) is 30.3 Å². The Kier molecular flexibility index (Phi) is 12.3. The zero-order valence-electron chi connectivity index (χ0n) is 22.6. The van der Waals surface area contributed by atoms with Crippen molar-refractivity contribution in [3.63, 3.8) is 0 Å². The van der Waals surface area contributed by atoms with Crippen LogP contribution >= 0.6 is 0 Å². The summed E-state index contributed by atoms with van der Waals surface area (Å²) in [5.41, 5.74) is 12.0. The highest BCUT2D eigenvalue weighted by Gasteiger charge is 2.28. The first-order chi connectivity index (χ1) is 17.4. The van der Waals surface area contributed by atoms with Crippen LogP contribution in [0.5, 0.6) is 0 Å². The molecule has 0 radical (unpaired) electrons. The van der Waals surface area contributed by atoms with E-state index in [-0.39, 0.29) is 11.9 Å². The number of hydrogen-bond acceptors (Lipinski definition) is 3. The number of fused-ring (bicyclic) bond motifs is 1. The third-order valence-electron chi connectivity index (χ3n) is 7.02. The maximum atomic E-state index is 13.6. The summed E-state index contributed by atoms with van der Waals surface area (Å²) >= 11 is 0. The lowest BCUT2D eigenvalue weighted by atomic mass is 9.87. The van der Waals surface area contributed by atoms with Crippen LogP contribution in [0, 0.1) is 18.7 Å². The summed E-state index contributed by atoms with van der Waals surface area (Å²) < 4.78 is 13.6. The van der Waals surface area contributed by atoms with Crippen LogP contribution in [0.3, 0.4) is 0 Å². The fraction of sp³-hybridized carbons (Fsp3) is 0.438. The van der Waals surface area contributed by atoms with Gasteiger partial charge in [0.25, 0.3) is 0 Å². The Bertz CT molecular complexity index is 1000. The first-order valence-corrected chi connectivity index (χ1v) is 13.2. The van der Waals surface area contributed by atoms with E-state index in [0.717, 1.165) is 43.7 Å². The molecule has 0 bridgehead atoms. The van der Waals surface area contributed by atoms with E-state index in [4.69, 9.17) is 5.73 Å². The van der Waals surface area contributed by atoms with Crippen LogP contribution in [0.25, 0.3) is 0 Å². The van der Waals surface area contributed by atoms with E-state index >= 15 is 0 Å². The lowest BCUT2D eigenvalue weighted by Gasteiger charge is -2.39. The molecule has 2 N–H and O–H groups in total. The Morgan fingerprint density at radius 1 is 1.17 bits per heavy atom. The highest BCUT2D eigenvalue weighted by molar-refractivity contribution is 5.55. The Morgan fingerprint density at radius 3 is 2.53 bits per heavy atom. The molecular formula is C32H44FN3. The van der Waals surface area contributed by atoms with Gasteiger partial charge in [-0.3, -0.25) is 0 Å². The molecule has 3 nitrogen and oxygen atoms in total. The Balaban J connectivity index is 0.00000222. The maximum Gasteiger partial charge on any atom is 0.123 e.